The van der Waals surface area contributed by atoms with E-state index in [0.717, 1.165) is 11.4 Å². The molecule has 0 saturated heterocycles. The monoisotopic (exact) mass is 253 g/mol. The number of hydrogen-bond acceptors (Lipinski definition) is 3. The minimum Gasteiger partial charge on any atom is -0.480 e. The zero-order valence-corrected chi connectivity index (χ0v) is 11.0. The van der Waals surface area contributed by atoms with Gasteiger partial charge in [0.15, 0.2) is 0 Å². The van der Waals surface area contributed by atoms with E-state index in [4.69, 9.17) is 5.11 Å². The third-order valence-corrected chi connectivity index (χ3v) is 2.70. The Morgan fingerprint density at radius 1 is 1.44 bits per heavy atom. The Hall–Kier alpha value is -1.85. The molecule has 100 valence electrons. The summed E-state index contributed by atoms with van der Waals surface area (Å²) in [5.74, 6) is -1.15. The van der Waals surface area contributed by atoms with Crippen LogP contribution < -0.4 is 0 Å². The van der Waals surface area contributed by atoms with Crippen molar-refractivity contribution in [1.29, 1.82) is 0 Å². The smallest absolute Gasteiger partial charge is 0.323 e. The minimum absolute atomic E-state index is 0.160. The molecule has 0 aliphatic heterocycles. The molecule has 1 aromatic rings. The van der Waals surface area contributed by atoms with Crippen molar-refractivity contribution >= 4 is 11.9 Å². The highest BCUT2D eigenvalue weighted by Crippen LogP contribution is 2.04. The average molecular weight is 253 g/mol. The van der Waals surface area contributed by atoms with Crippen molar-refractivity contribution in [2.75, 3.05) is 13.1 Å². The SMILES string of the molecule is CCN(CC(=O)O)C(=O)CCn1nc(C)cc1C. The molecule has 0 aromatic carbocycles. The fourth-order valence-electron chi connectivity index (χ4n) is 1.80. The van der Waals surface area contributed by atoms with Crippen LogP contribution in [0, 0.1) is 13.8 Å². The number of carboxylic acids is 1. The van der Waals surface area contributed by atoms with E-state index in [9.17, 15) is 9.59 Å². The number of hydrogen-bond donors (Lipinski definition) is 1. The summed E-state index contributed by atoms with van der Waals surface area (Å²) in [7, 11) is 0. The molecule has 0 spiro atoms. The first-order valence-electron chi connectivity index (χ1n) is 5.94. The van der Waals surface area contributed by atoms with E-state index in [-0.39, 0.29) is 18.9 Å². The summed E-state index contributed by atoms with van der Waals surface area (Å²) in [5.41, 5.74) is 1.92. The maximum Gasteiger partial charge on any atom is 0.323 e. The Balaban J connectivity index is 2.54. The van der Waals surface area contributed by atoms with Crippen LogP contribution in [0.1, 0.15) is 24.7 Å². The lowest BCUT2D eigenvalue weighted by molar-refractivity contribution is -0.144. The van der Waals surface area contributed by atoms with Gasteiger partial charge in [0.2, 0.25) is 5.91 Å². The van der Waals surface area contributed by atoms with Crippen LogP contribution in [0.5, 0.6) is 0 Å². The third kappa shape index (κ3) is 3.87. The van der Waals surface area contributed by atoms with Crippen molar-refractivity contribution in [1.82, 2.24) is 14.7 Å². The fraction of sp³-hybridized carbons (Fsp3) is 0.583. The molecule has 1 rings (SSSR count). The van der Waals surface area contributed by atoms with Gasteiger partial charge in [-0.3, -0.25) is 14.3 Å². The third-order valence-electron chi connectivity index (χ3n) is 2.70. The summed E-state index contributed by atoms with van der Waals surface area (Å²) in [6, 6.07) is 1.94. The number of nitrogens with zero attached hydrogens (tertiary/aromatic N) is 3. The number of carbonyl (C=O) groups excluding carboxylic acids is 1. The first-order chi connectivity index (χ1) is 8.43. The molecule has 0 aliphatic carbocycles. The lowest BCUT2D eigenvalue weighted by Crippen LogP contribution is -2.35. The van der Waals surface area contributed by atoms with Crippen LogP contribution in [0.2, 0.25) is 0 Å². The first kappa shape index (κ1) is 14.2. The van der Waals surface area contributed by atoms with E-state index in [1.165, 1.54) is 4.90 Å². The second-order valence-corrected chi connectivity index (χ2v) is 4.20. The Morgan fingerprint density at radius 3 is 2.56 bits per heavy atom. The van der Waals surface area contributed by atoms with Gasteiger partial charge in [-0.1, -0.05) is 0 Å². The standard InChI is InChI=1S/C12H19N3O3/c1-4-14(8-12(17)18)11(16)5-6-15-10(3)7-9(2)13-15/h7H,4-6,8H2,1-3H3,(H,17,18). The number of aryl methyl sites for hydroxylation is 3. The van der Waals surface area contributed by atoms with Crippen LogP contribution in [-0.2, 0) is 16.1 Å². The highest BCUT2D eigenvalue weighted by Gasteiger charge is 2.15. The molecule has 0 fully saturated rings. The summed E-state index contributed by atoms with van der Waals surface area (Å²) in [6.45, 7) is 6.24. The highest BCUT2D eigenvalue weighted by atomic mass is 16.4. The van der Waals surface area contributed by atoms with Gasteiger partial charge < -0.3 is 10.0 Å². The second kappa shape index (κ2) is 6.18. The zero-order valence-electron chi connectivity index (χ0n) is 11.0. The predicted molar refractivity (Wildman–Crippen MR) is 66.2 cm³/mol. The molecule has 0 bridgehead atoms. The van der Waals surface area contributed by atoms with Gasteiger partial charge >= 0.3 is 5.97 Å². The number of carboxylic acid groups (broad SMARTS) is 1. The largest absolute Gasteiger partial charge is 0.480 e. The molecule has 1 N–H and O–H groups in total. The number of likely N-dealkylation sites (N-methyl/N-ethyl adjacent to an activating group) is 1. The van der Waals surface area contributed by atoms with Crippen LogP contribution in [0.25, 0.3) is 0 Å². The molecule has 0 radical (unpaired) electrons. The Morgan fingerprint density at radius 2 is 2.11 bits per heavy atom. The molecule has 0 unspecified atom stereocenters. The Bertz CT molecular complexity index is 440. The van der Waals surface area contributed by atoms with Gasteiger partial charge in [0.05, 0.1) is 5.69 Å². The zero-order chi connectivity index (χ0) is 13.7. The number of rotatable bonds is 6. The molecule has 1 heterocycles. The summed E-state index contributed by atoms with van der Waals surface area (Å²) >= 11 is 0. The summed E-state index contributed by atoms with van der Waals surface area (Å²) in [4.78, 5) is 23.7. The highest BCUT2D eigenvalue weighted by molar-refractivity contribution is 5.81. The van der Waals surface area contributed by atoms with Crippen LogP contribution in [-0.4, -0.2) is 44.8 Å². The lowest BCUT2D eigenvalue weighted by Gasteiger charge is -2.18. The van der Waals surface area contributed by atoms with Crippen molar-refractivity contribution in [3.63, 3.8) is 0 Å². The average Bonchev–Trinajstić information content (AvgIpc) is 2.61. The van der Waals surface area contributed by atoms with Gasteiger partial charge in [0.25, 0.3) is 0 Å². The molecule has 1 aromatic heterocycles. The van der Waals surface area contributed by atoms with Gasteiger partial charge in [0, 0.05) is 25.2 Å². The van der Waals surface area contributed by atoms with E-state index in [2.05, 4.69) is 5.10 Å². The molecule has 6 heteroatoms. The molecule has 0 saturated carbocycles. The van der Waals surface area contributed by atoms with Crippen LogP contribution in [0.15, 0.2) is 6.07 Å². The Kier molecular flexibility index (Phi) is 4.88. The number of amides is 1. The number of carbonyl (C=O) groups is 2. The van der Waals surface area contributed by atoms with Crippen molar-refractivity contribution in [3.05, 3.63) is 17.5 Å². The van der Waals surface area contributed by atoms with E-state index in [1.807, 2.05) is 19.9 Å². The minimum atomic E-state index is -0.990. The summed E-state index contributed by atoms with van der Waals surface area (Å²) < 4.78 is 1.77. The normalized spacial score (nSPS) is 10.4. The quantitative estimate of drug-likeness (QED) is 0.814. The Labute approximate surface area is 106 Å². The molecular formula is C12H19N3O3. The van der Waals surface area contributed by atoms with Crippen LogP contribution in [0.3, 0.4) is 0 Å². The van der Waals surface area contributed by atoms with Gasteiger partial charge in [0.1, 0.15) is 6.54 Å². The van der Waals surface area contributed by atoms with Crippen molar-refractivity contribution in [2.24, 2.45) is 0 Å². The maximum atomic E-state index is 11.8. The molecule has 0 aliphatic rings. The molecule has 18 heavy (non-hydrogen) atoms. The number of aliphatic carboxylic acids is 1. The molecule has 1 amide bonds. The van der Waals surface area contributed by atoms with Crippen LogP contribution >= 0.6 is 0 Å². The van der Waals surface area contributed by atoms with Gasteiger partial charge in [-0.05, 0) is 26.8 Å². The fourth-order valence-corrected chi connectivity index (χ4v) is 1.80. The van der Waals surface area contributed by atoms with Crippen molar-refractivity contribution in [2.45, 2.75) is 33.7 Å². The van der Waals surface area contributed by atoms with E-state index in [1.54, 1.807) is 11.6 Å². The van der Waals surface area contributed by atoms with Gasteiger partial charge in [-0.25, -0.2) is 0 Å². The maximum absolute atomic E-state index is 11.8. The van der Waals surface area contributed by atoms with Gasteiger partial charge in [-0.2, -0.15) is 5.10 Å². The number of aromatic nitrogens is 2. The second-order valence-electron chi connectivity index (χ2n) is 4.20. The van der Waals surface area contributed by atoms with E-state index < -0.39 is 5.97 Å². The van der Waals surface area contributed by atoms with Crippen molar-refractivity contribution in [3.8, 4) is 0 Å². The molecule has 6 nitrogen and oxygen atoms in total. The van der Waals surface area contributed by atoms with Crippen LogP contribution in [0.4, 0.5) is 0 Å². The topological polar surface area (TPSA) is 75.4 Å². The lowest BCUT2D eigenvalue weighted by atomic mass is 10.3. The first-order valence-corrected chi connectivity index (χ1v) is 5.94. The summed E-state index contributed by atoms with van der Waals surface area (Å²) in [6.07, 6.45) is 0.267. The van der Waals surface area contributed by atoms with Crippen molar-refractivity contribution < 1.29 is 14.7 Å². The van der Waals surface area contributed by atoms with E-state index in [0.29, 0.717) is 13.1 Å². The van der Waals surface area contributed by atoms with E-state index >= 15 is 0 Å². The van der Waals surface area contributed by atoms with Gasteiger partial charge in [-0.15, -0.1) is 0 Å². The summed E-state index contributed by atoms with van der Waals surface area (Å²) in [5, 5.41) is 12.9. The predicted octanol–water partition coefficient (Wildman–Crippen LogP) is 0.823. The molecule has 0 atom stereocenters. The molecular weight excluding hydrogens is 234 g/mol.